The van der Waals surface area contributed by atoms with Gasteiger partial charge in [0.2, 0.25) is 0 Å². The topological polar surface area (TPSA) is 61.8 Å². The minimum absolute atomic E-state index is 0.190. The van der Waals surface area contributed by atoms with E-state index in [-0.39, 0.29) is 35.7 Å². The molecule has 104 valence electrons. The van der Waals surface area contributed by atoms with Crippen LogP contribution in [0.3, 0.4) is 0 Å². The van der Waals surface area contributed by atoms with Gasteiger partial charge in [0.15, 0.2) is 0 Å². The van der Waals surface area contributed by atoms with Crippen molar-refractivity contribution in [2.45, 2.75) is 57.9 Å². The fraction of sp³-hybridized carbons (Fsp3) is 0.833. The lowest BCUT2D eigenvalue weighted by Crippen LogP contribution is -2.47. The van der Waals surface area contributed by atoms with Crippen molar-refractivity contribution in [3.05, 3.63) is 0 Å². The van der Waals surface area contributed by atoms with E-state index in [9.17, 15) is 9.59 Å². The van der Waals surface area contributed by atoms with Crippen LogP contribution in [0.5, 0.6) is 0 Å². The monoisotopic (exact) mass is 276 g/mol. The van der Waals surface area contributed by atoms with Crippen LogP contribution in [0.2, 0.25) is 0 Å². The van der Waals surface area contributed by atoms with Gasteiger partial charge >= 0.3 is 11.9 Å². The molecule has 0 unspecified atom stereocenters. The zero-order chi connectivity index (χ0) is 13.7. The van der Waals surface area contributed by atoms with E-state index in [1.165, 1.54) is 13.8 Å². The van der Waals surface area contributed by atoms with Gasteiger partial charge in [-0.2, -0.15) is 0 Å². The van der Waals surface area contributed by atoms with Crippen molar-refractivity contribution in [1.29, 1.82) is 0 Å². The Hall–Kier alpha value is -0.750. The molecule has 1 aliphatic heterocycles. The van der Waals surface area contributed by atoms with Crippen LogP contribution in [0.15, 0.2) is 0 Å². The zero-order valence-corrected chi connectivity index (χ0v) is 12.0. The Bertz CT molecular complexity index is 307. The second kappa shape index (κ2) is 6.99. The largest absolute Gasteiger partial charge is 0.460 e. The Labute approximate surface area is 112 Å². The molecule has 0 amide bonds. The molecule has 0 saturated carbocycles. The molecule has 0 aliphatic carbocycles. The summed E-state index contributed by atoms with van der Waals surface area (Å²) in [5.41, 5.74) is -0.194. The number of ether oxygens (including phenoxy) is 3. The van der Waals surface area contributed by atoms with Crippen molar-refractivity contribution in [3.63, 3.8) is 0 Å². The second-order valence-corrected chi connectivity index (χ2v) is 5.57. The zero-order valence-electron chi connectivity index (χ0n) is 11.2. The SMILES string of the molecule is CCS[C@H]1O[C@@H](C)[C@@H](OC(C)=O)C[C@@H]1OC(C)=O. The summed E-state index contributed by atoms with van der Waals surface area (Å²) < 4.78 is 16.2. The quantitative estimate of drug-likeness (QED) is 0.729. The summed E-state index contributed by atoms with van der Waals surface area (Å²) in [6, 6.07) is 0. The first-order valence-corrected chi connectivity index (χ1v) is 7.10. The van der Waals surface area contributed by atoms with Gasteiger partial charge in [-0.25, -0.2) is 0 Å². The summed E-state index contributed by atoms with van der Waals surface area (Å²) in [5.74, 6) is 0.174. The molecule has 6 heteroatoms. The molecule has 1 heterocycles. The first-order chi connectivity index (χ1) is 8.43. The lowest BCUT2D eigenvalue weighted by Gasteiger charge is -2.38. The average Bonchev–Trinajstić information content (AvgIpc) is 2.23. The van der Waals surface area contributed by atoms with E-state index in [0.29, 0.717) is 6.42 Å². The van der Waals surface area contributed by atoms with E-state index in [1.54, 1.807) is 11.8 Å². The van der Waals surface area contributed by atoms with E-state index in [4.69, 9.17) is 14.2 Å². The number of thioether (sulfide) groups is 1. The van der Waals surface area contributed by atoms with Crippen molar-refractivity contribution < 1.29 is 23.8 Å². The van der Waals surface area contributed by atoms with Gasteiger partial charge in [-0.05, 0) is 12.7 Å². The predicted octanol–water partition coefficient (Wildman–Crippen LogP) is 1.74. The van der Waals surface area contributed by atoms with Crippen LogP contribution in [0, 0.1) is 0 Å². The standard InChI is InChI=1S/C12H20O5S/c1-5-18-12-11(17-9(4)14)6-10(7(2)15-12)16-8(3)13/h7,10-12H,5-6H2,1-4H3/t7-,10-,11-,12+/m0/s1. The Kier molecular flexibility index (Phi) is 5.95. The van der Waals surface area contributed by atoms with Crippen LogP contribution in [0.4, 0.5) is 0 Å². The minimum Gasteiger partial charge on any atom is -0.460 e. The maximum atomic E-state index is 11.1. The van der Waals surface area contributed by atoms with Gasteiger partial charge in [0.25, 0.3) is 0 Å². The third-order valence-corrected chi connectivity index (χ3v) is 3.68. The van der Waals surface area contributed by atoms with E-state index >= 15 is 0 Å². The molecule has 0 aromatic carbocycles. The summed E-state index contributed by atoms with van der Waals surface area (Å²) in [4.78, 5) is 22.1. The van der Waals surface area contributed by atoms with Crippen molar-refractivity contribution >= 4 is 23.7 Å². The molecule has 1 rings (SSSR count). The number of carbonyl (C=O) groups excluding carboxylic acids is 2. The molecule has 0 aromatic rings. The summed E-state index contributed by atoms with van der Waals surface area (Å²) in [6.07, 6.45) is -0.434. The van der Waals surface area contributed by atoms with Gasteiger partial charge in [0.05, 0.1) is 6.10 Å². The number of rotatable bonds is 4. The molecule has 0 bridgehead atoms. The molecule has 0 N–H and O–H groups in total. The van der Waals surface area contributed by atoms with Gasteiger partial charge in [-0.1, -0.05) is 6.92 Å². The van der Waals surface area contributed by atoms with Crippen LogP contribution >= 0.6 is 11.8 Å². The fourth-order valence-electron chi connectivity index (χ4n) is 1.90. The summed E-state index contributed by atoms with van der Waals surface area (Å²) in [5, 5.41) is 0. The number of hydrogen-bond acceptors (Lipinski definition) is 6. The molecule has 1 saturated heterocycles. The summed E-state index contributed by atoms with van der Waals surface area (Å²) in [6.45, 7) is 6.61. The molecule has 0 spiro atoms. The molecule has 0 radical (unpaired) electrons. The highest BCUT2D eigenvalue weighted by Crippen LogP contribution is 2.31. The van der Waals surface area contributed by atoms with Gasteiger partial charge in [-0.15, -0.1) is 11.8 Å². The van der Waals surface area contributed by atoms with Crippen LogP contribution in [0.25, 0.3) is 0 Å². The van der Waals surface area contributed by atoms with Gasteiger partial charge in [-0.3, -0.25) is 9.59 Å². The molecule has 1 aliphatic rings. The number of hydrogen-bond donors (Lipinski definition) is 0. The van der Waals surface area contributed by atoms with E-state index < -0.39 is 0 Å². The average molecular weight is 276 g/mol. The Morgan fingerprint density at radius 2 is 1.78 bits per heavy atom. The minimum atomic E-state index is -0.368. The van der Waals surface area contributed by atoms with Crippen molar-refractivity contribution in [2.75, 3.05) is 5.75 Å². The van der Waals surface area contributed by atoms with Crippen molar-refractivity contribution in [1.82, 2.24) is 0 Å². The Morgan fingerprint density at radius 1 is 1.22 bits per heavy atom. The van der Waals surface area contributed by atoms with Gasteiger partial charge < -0.3 is 14.2 Å². The maximum absolute atomic E-state index is 11.1. The summed E-state index contributed by atoms with van der Waals surface area (Å²) >= 11 is 1.59. The lowest BCUT2D eigenvalue weighted by atomic mass is 10.0. The lowest BCUT2D eigenvalue weighted by molar-refractivity contribution is -0.184. The molecule has 4 atom stereocenters. The van der Waals surface area contributed by atoms with Crippen molar-refractivity contribution in [3.8, 4) is 0 Å². The predicted molar refractivity (Wildman–Crippen MR) is 68.2 cm³/mol. The van der Waals surface area contributed by atoms with Gasteiger partial charge in [0.1, 0.15) is 17.6 Å². The normalized spacial score (nSPS) is 31.8. The third-order valence-electron chi connectivity index (χ3n) is 2.61. The van der Waals surface area contributed by atoms with Crippen LogP contribution < -0.4 is 0 Å². The Balaban J connectivity index is 2.68. The van der Waals surface area contributed by atoms with E-state index in [1.807, 2.05) is 13.8 Å². The van der Waals surface area contributed by atoms with Crippen LogP contribution in [-0.2, 0) is 23.8 Å². The molecule has 1 fully saturated rings. The highest BCUT2D eigenvalue weighted by Gasteiger charge is 2.39. The maximum Gasteiger partial charge on any atom is 0.303 e. The van der Waals surface area contributed by atoms with Crippen LogP contribution in [0.1, 0.15) is 34.1 Å². The Morgan fingerprint density at radius 3 is 2.28 bits per heavy atom. The molecule has 18 heavy (non-hydrogen) atoms. The molecule has 5 nitrogen and oxygen atoms in total. The smallest absolute Gasteiger partial charge is 0.303 e. The highest BCUT2D eigenvalue weighted by molar-refractivity contribution is 7.99. The second-order valence-electron chi connectivity index (χ2n) is 4.20. The van der Waals surface area contributed by atoms with Crippen LogP contribution in [-0.4, -0.2) is 41.4 Å². The highest BCUT2D eigenvalue weighted by atomic mass is 32.2. The molecular weight excluding hydrogens is 256 g/mol. The first-order valence-electron chi connectivity index (χ1n) is 6.05. The van der Waals surface area contributed by atoms with E-state index in [2.05, 4.69) is 0 Å². The molecule has 0 aromatic heterocycles. The van der Waals surface area contributed by atoms with Gasteiger partial charge in [0, 0.05) is 20.3 Å². The number of carbonyl (C=O) groups is 2. The molecular formula is C12H20O5S. The third kappa shape index (κ3) is 4.49. The van der Waals surface area contributed by atoms with E-state index in [0.717, 1.165) is 5.75 Å². The van der Waals surface area contributed by atoms with Crippen molar-refractivity contribution in [2.24, 2.45) is 0 Å². The first kappa shape index (κ1) is 15.3. The number of esters is 2. The fourth-order valence-corrected chi connectivity index (χ4v) is 2.87. The summed E-state index contributed by atoms with van der Waals surface area (Å²) in [7, 11) is 0.